The number of aryl methyl sites for hydroxylation is 1. The average molecular weight is 287 g/mol. The van der Waals surface area contributed by atoms with Gasteiger partial charge in [0.2, 0.25) is 5.91 Å². The molecule has 1 spiro atoms. The van der Waals surface area contributed by atoms with Crippen LogP contribution >= 0.6 is 0 Å². The molecule has 0 aromatic heterocycles. The normalized spacial score (nSPS) is 27.9. The van der Waals surface area contributed by atoms with E-state index in [9.17, 15) is 9.59 Å². The van der Waals surface area contributed by atoms with Crippen LogP contribution in [0.1, 0.15) is 22.3 Å². The Labute approximate surface area is 124 Å². The fraction of sp³-hybridized carbons (Fsp3) is 0.500. The average Bonchev–Trinajstić information content (AvgIpc) is 2.81. The molecule has 0 saturated carbocycles. The zero-order valence-corrected chi connectivity index (χ0v) is 12.5. The summed E-state index contributed by atoms with van der Waals surface area (Å²) in [5, 5.41) is 6.43. The third kappa shape index (κ3) is 2.31. The molecule has 1 aromatic carbocycles. The maximum absolute atomic E-state index is 12.5. The Morgan fingerprint density at radius 3 is 2.86 bits per heavy atom. The van der Waals surface area contributed by atoms with Crippen LogP contribution in [0.2, 0.25) is 0 Å². The van der Waals surface area contributed by atoms with E-state index in [1.807, 2.05) is 24.3 Å². The number of carbonyl (C=O) groups excluding carboxylic acids is 2. The number of nitrogens with one attached hydrogen (secondary N) is 2. The van der Waals surface area contributed by atoms with Crippen molar-refractivity contribution < 1.29 is 9.59 Å². The van der Waals surface area contributed by atoms with Crippen LogP contribution in [0, 0.1) is 5.92 Å². The van der Waals surface area contributed by atoms with Crippen LogP contribution in [0.4, 0.5) is 0 Å². The van der Waals surface area contributed by atoms with Gasteiger partial charge in [0.25, 0.3) is 5.91 Å². The summed E-state index contributed by atoms with van der Waals surface area (Å²) in [5.41, 5.74) is 1.32. The molecule has 2 aliphatic heterocycles. The number of amides is 2. The Morgan fingerprint density at radius 1 is 1.33 bits per heavy atom. The highest BCUT2D eigenvalue weighted by molar-refractivity contribution is 5.97. The molecule has 2 aliphatic rings. The lowest BCUT2D eigenvalue weighted by molar-refractivity contribution is -0.134. The minimum absolute atomic E-state index is 0.0663. The van der Waals surface area contributed by atoms with E-state index in [4.69, 9.17) is 0 Å². The monoisotopic (exact) mass is 287 g/mol. The van der Waals surface area contributed by atoms with E-state index < -0.39 is 5.54 Å². The third-order valence-corrected chi connectivity index (χ3v) is 4.66. The molecular formula is C16H21N3O2. The van der Waals surface area contributed by atoms with Crippen LogP contribution in [0.5, 0.6) is 0 Å². The molecule has 2 atom stereocenters. The SMILES string of the molecule is CN(C)C(=O)[C@@H]1CNC[C@]12CCc1ccccc1C(=O)N2. The van der Waals surface area contributed by atoms with E-state index in [0.717, 1.165) is 24.0 Å². The van der Waals surface area contributed by atoms with Crippen molar-refractivity contribution in [3.05, 3.63) is 35.4 Å². The van der Waals surface area contributed by atoms with Crippen LogP contribution in [0.15, 0.2) is 24.3 Å². The van der Waals surface area contributed by atoms with Crippen molar-refractivity contribution in [1.29, 1.82) is 0 Å². The molecule has 2 N–H and O–H groups in total. The summed E-state index contributed by atoms with van der Waals surface area (Å²) in [6.45, 7) is 1.27. The van der Waals surface area contributed by atoms with Crippen LogP contribution in [0.25, 0.3) is 0 Å². The Kier molecular flexibility index (Phi) is 3.45. The van der Waals surface area contributed by atoms with E-state index in [-0.39, 0.29) is 17.7 Å². The summed E-state index contributed by atoms with van der Waals surface area (Å²) in [5.74, 6) is -0.194. The molecule has 5 heteroatoms. The van der Waals surface area contributed by atoms with Gasteiger partial charge in [0, 0.05) is 32.7 Å². The molecule has 0 unspecified atom stereocenters. The molecule has 2 heterocycles. The highest BCUT2D eigenvalue weighted by Crippen LogP contribution is 2.32. The molecule has 0 radical (unpaired) electrons. The standard InChI is InChI=1S/C16H21N3O2/c1-19(2)15(21)13-9-17-10-16(13)8-7-11-5-3-4-6-12(11)14(20)18-16/h3-6,13,17H,7-10H2,1-2H3,(H,18,20)/t13-,16+/m0/s1. The molecule has 1 fully saturated rings. The van der Waals surface area contributed by atoms with Crippen LogP contribution in [-0.2, 0) is 11.2 Å². The quantitative estimate of drug-likeness (QED) is 0.786. The van der Waals surface area contributed by atoms with Gasteiger partial charge in [0.1, 0.15) is 0 Å². The number of carbonyl (C=O) groups is 2. The minimum atomic E-state index is -0.475. The summed E-state index contributed by atoms with van der Waals surface area (Å²) in [6.07, 6.45) is 1.60. The van der Waals surface area contributed by atoms with E-state index in [1.165, 1.54) is 0 Å². The summed E-state index contributed by atoms with van der Waals surface area (Å²) in [6, 6.07) is 7.69. The second-order valence-electron chi connectivity index (χ2n) is 6.18. The Morgan fingerprint density at radius 2 is 2.10 bits per heavy atom. The van der Waals surface area contributed by atoms with Crippen LogP contribution < -0.4 is 10.6 Å². The summed E-state index contributed by atoms with van der Waals surface area (Å²) < 4.78 is 0. The smallest absolute Gasteiger partial charge is 0.252 e. The number of hydrogen-bond acceptors (Lipinski definition) is 3. The fourth-order valence-electron chi connectivity index (χ4n) is 3.46. The highest BCUT2D eigenvalue weighted by Gasteiger charge is 2.49. The van der Waals surface area contributed by atoms with E-state index in [0.29, 0.717) is 13.1 Å². The zero-order chi connectivity index (χ0) is 15.0. The minimum Gasteiger partial charge on any atom is -0.348 e. The molecule has 1 saturated heterocycles. The second-order valence-corrected chi connectivity index (χ2v) is 6.18. The van der Waals surface area contributed by atoms with Crippen molar-refractivity contribution in [2.75, 3.05) is 27.2 Å². The van der Waals surface area contributed by atoms with Gasteiger partial charge in [-0.05, 0) is 24.5 Å². The van der Waals surface area contributed by atoms with Crippen LogP contribution in [-0.4, -0.2) is 49.4 Å². The van der Waals surface area contributed by atoms with Crippen molar-refractivity contribution in [3.8, 4) is 0 Å². The number of rotatable bonds is 1. The maximum Gasteiger partial charge on any atom is 0.252 e. The third-order valence-electron chi connectivity index (χ3n) is 4.66. The second kappa shape index (κ2) is 5.15. The predicted molar refractivity (Wildman–Crippen MR) is 80.0 cm³/mol. The molecule has 0 aliphatic carbocycles. The number of benzene rings is 1. The molecule has 21 heavy (non-hydrogen) atoms. The van der Waals surface area contributed by atoms with Crippen molar-refractivity contribution in [3.63, 3.8) is 0 Å². The fourth-order valence-corrected chi connectivity index (χ4v) is 3.46. The number of hydrogen-bond donors (Lipinski definition) is 2. The highest BCUT2D eigenvalue weighted by atomic mass is 16.2. The number of nitrogens with zero attached hydrogens (tertiary/aromatic N) is 1. The summed E-state index contributed by atoms with van der Waals surface area (Å²) in [7, 11) is 3.53. The van der Waals surface area contributed by atoms with E-state index in [1.54, 1.807) is 19.0 Å². The first kappa shape index (κ1) is 14.1. The lowest BCUT2D eigenvalue weighted by atomic mass is 9.82. The Hall–Kier alpha value is -1.88. The van der Waals surface area contributed by atoms with Gasteiger partial charge < -0.3 is 15.5 Å². The maximum atomic E-state index is 12.5. The van der Waals surface area contributed by atoms with Gasteiger partial charge in [0.05, 0.1) is 11.5 Å². The van der Waals surface area contributed by atoms with Crippen LogP contribution in [0.3, 0.4) is 0 Å². The van der Waals surface area contributed by atoms with Crippen molar-refractivity contribution in [1.82, 2.24) is 15.5 Å². The molecular weight excluding hydrogens is 266 g/mol. The first-order valence-electron chi connectivity index (χ1n) is 7.36. The van der Waals surface area contributed by atoms with Gasteiger partial charge in [0.15, 0.2) is 0 Å². The summed E-state index contributed by atoms with van der Waals surface area (Å²) in [4.78, 5) is 26.6. The lowest BCUT2D eigenvalue weighted by Gasteiger charge is -2.34. The van der Waals surface area contributed by atoms with Gasteiger partial charge in [-0.2, -0.15) is 0 Å². The molecule has 112 valence electrons. The van der Waals surface area contributed by atoms with Gasteiger partial charge in [-0.25, -0.2) is 0 Å². The van der Waals surface area contributed by atoms with Crippen molar-refractivity contribution in [2.45, 2.75) is 18.4 Å². The van der Waals surface area contributed by atoms with E-state index in [2.05, 4.69) is 10.6 Å². The molecule has 1 aromatic rings. The topological polar surface area (TPSA) is 61.4 Å². The largest absolute Gasteiger partial charge is 0.348 e. The number of fused-ring (bicyclic) bond motifs is 1. The van der Waals surface area contributed by atoms with E-state index >= 15 is 0 Å². The summed E-state index contributed by atoms with van der Waals surface area (Å²) >= 11 is 0. The van der Waals surface area contributed by atoms with Crippen molar-refractivity contribution in [2.24, 2.45) is 5.92 Å². The predicted octanol–water partition coefficient (Wildman–Crippen LogP) is 0.409. The van der Waals surface area contributed by atoms with Gasteiger partial charge in [-0.1, -0.05) is 18.2 Å². The lowest BCUT2D eigenvalue weighted by Crippen LogP contribution is -2.57. The molecule has 2 amide bonds. The van der Waals surface area contributed by atoms with Gasteiger partial charge >= 0.3 is 0 Å². The molecule has 5 nitrogen and oxygen atoms in total. The van der Waals surface area contributed by atoms with Gasteiger partial charge in [-0.15, -0.1) is 0 Å². The molecule has 0 bridgehead atoms. The zero-order valence-electron chi connectivity index (χ0n) is 12.5. The molecule has 3 rings (SSSR count). The van der Waals surface area contributed by atoms with Gasteiger partial charge in [-0.3, -0.25) is 9.59 Å². The Bertz CT molecular complexity index is 585. The Balaban J connectivity index is 1.93. The first-order valence-corrected chi connectivity index (χ1v) is 7.36. The first-order chi connectivity index (χ1) is 10.0. The van der Waals surface area contributed by atoms with Crippen molar-refractivity contribution >= 4 is 11.8 Å².